The van der Waals surface area contributed by atoms with Crippen molar-refractivity contribution in [2.24, 2.45) is 0 Å². The molecule has 0 fully saturated rings. The van der Waals surface area contributed by atoms with E-state index in [1.165, 1.54) is 0 Å². The third-order valence-corrected chi connectivity index (χ3v) is 3.20. The lowest BCUT2D eigenvalue weighted by Crippen LogP contribution is -2.40. The van der Waals surface area contributed by atoms with Gasteiger partial charge in [-0.25, -0.2) is 8.78 Å². The van der Waals surface area contributed by atoms with E-state index in [4.69, 9.17) is 5.11 Å². The van der Waals surface area contributed by atoms with Crippen LogP contribution >= 0.6 is 0 Å². The number of halogens is 7. The Balaban J connectivity index is 2.31. The number of benzene rings is 1. The van der Waals surface area contributed by atoms with Crippen molar-refractivity contribution in [1.29, 1.82) is 0 Å². The molecule has 1 aromatic heterocycles. The monoisotopic (exact) mass is 370 g/mol. The molecule has 4 nitrogen and oxygen atoms in total. The SMILES string of the molecule is O=C(O)Cc1cc(F)c(-c2cnn(CC(F)(F)C(F)(F)F)c2)cc1F. The molecule has 0 aliphatic carbocycles. The van der Waals surface area contributed by atoms with E-state index in [9.17, 15) is 35.5 Å². The fourth-order valence-corrected chi connectivity index (χ4v) is 1.99. The molecule has 0 aliphatic heterocycles. The van der Waals surface area contributed by atoms with Crippen molar-refractivity contribution in [3.8, 4) is 11.1 Å². The maximum atomic E-state index is 14.0. The van der Waals surface area contributed by atoms with Crippen molar-refractivity contribution in [3.63, 3.8) is 0 Å². The standard InChI is InChI=1S/C14H9F7N2O2/c15-10-3-9(11(16)1-7(10)2-12(24)25)8-4-22-23(5-8)6-13(17,18)14(19,20)21/h1,3-5H,2,6H2,(H,24,25). The number of carboxylic acid groups (broad SMARTS) is 1. The van der Waals surface area contributed by atoms with Crippen LogP contribution in [-0.4, -0.2) is 33.0 Å². The van der Waals surface area contributed by atoms with Gasteiger partial charge in [-0.1, -0.05) is 0 Å². The van der Waals surface area contributed by atoms with Crippen LogP contribution in [0.2, 0.25) is 0 Å². The van der Waals surface area contributed by atoms with Gasteiger partial charge in [-0.2, -0.15) is 27.1 Å². The molecule has 0 radical (unpaired) electrons. The maximum Gasteiger partial charge on any atom is 0.455 e. The van der Waals surface area contributed by atoms with Gasteiger partial charge in [0, 0.05) is 22.9 Å². The van der Waals surface area contributed by atoms with Gasteiger partial charge in [-0.15, -0.1) is 0 Å². The van der Waals surface area contributed by atoms with Crippen LogP contribution in [0.1, 0.15) is 5.56 Å². The van der Waals surface area contributed by atoms with Crippen LogP contribution in [0.4, 0.5) is 30.7 Å². The van der Waals surface area contributed by atoms with Crippen molar-refractivity contribution < 1.29 is 40.6 Å². The van der Waals surface area contributed by atoms with Crippen LogP contribution in [0.15, 0.2) is 24.5 Å². The summed E-state index contributed by atoms with van der Waals surface area (Å²) in [6, 6.07) is 1.23. The normalized spacial score (nSPS) is 12.4. The number of rotatable bonds is 5. The predicted octanol–water partition coefficient (Wildman–Crippen LogP) is 3.65. The van der Waals surface area contributed by atoms with Gasteiger partial charge in [0.1, 0.15) is 18.2 Å². The molecule has 0 aliphatic rings. The Kier molecular flexibility index (Phi) is 4.78. The highest BCUT2D eigenvalue weighted by molar-refractivity contribution is 5.71. The number of carboxylic acids is 1. The largest absolute Gasteiger partial charge is 0.481 e. The summed E-state index contributed by atoms with van der Waals surface area (Å²) in [5.74, 6) is -8.58. The summed E-state index contributed by atoms with van der Waals surface area (Å²) in [7, 11) is 0. The third-order valence-electron chi connectivity index (χ3n) is 3.20. The Labute approximate surface area is 135 Å². The molecule has 0 unspecified atom stereocenters. The number of alkyl halides is 5. The second kappa shape index (κ2) is 6.37. The van der Waals surface area contributed by atoms with E-state index in [2.05, 4.69) is 5.10 Å². The molecule has 0 saturated heterocycles. The molecule has 0 atom stereocenters. The lowest BCUT2D eigenvalue weighted by Gasteiger charge is -2.19. The zero-order chi connectivity index (χ0) is 19.0. The topological polar surface area (TPSA) is 55.1 Å². The van der Waals surface area contributed by atoms with Gasteiger partial charge in [-0.05, 0) is 12.1 Å². The fourth-order valence-electron chi connectivity index (χ4n) is 1.99. The van der Waals surface area contributed by atoms with Gasteiger partial charge in [-0.3, -0.25) is 9.48 Å². The van der Waals surface area contributed by atoms with Gasteiger partial charge < -0.3 is 5.11 Å². The Morgan fingerprint density at radius 3 is 2.32 bits per heavy atom. The molecule has 2 rings (SSSR count). The average Bonchev–Trinajstić information content (AvgIpc) is 2.88. The molecule has 0 bridgehead atoms. The summed E-state index contributed by atoms with van der Waals surface area (Å²) in [6.45, 7) is -1.82. The first kappa shape index (κ1) is 18.7. The molecule has 25 heavy (non-hydrogen) atoms. The van der Waals surface area contributed by atoms with E-state index in [0.717, 1.165) is 6.20 Å². The van der Waals surface area contributed by atoms with Crippen LogP contribution in [-0.2, 0) is 17.8 Å². The minimum Gasteiger partial charge on any atom is -0.481 e. The Hall–Kier alpha value is -2.59. The number of hydrogen-bond donors (Lipinski definition) is 1. The Morgan fingerprint density at radius 1 is 1.12 bits per heavy atom. The molecule has 136 valence electrons. The predicted molar refractivity (Wildman–Crippen MR) is 69.9 cm³/mol. The first-order chi connectivity index (χ1) is 11.4. The van der Waals surface area contributed by atoms with Gasteiger partial charge in [0.05, 0.1) is 12.6 Å². The molecule has 1 N–H and O–H groups in total. The lowest BCUT2D eigenvalue weighted by molar-refractivity contribution is -0.287. The van der Waals surface area contributed by atoms with Gasteiger partial charge >= 0.3 is 18.1 Å². The third kappa shape index (κ3) is 4.09. The number of nitrogens with zero attached hydrogens (tertiary/aromatic N) is 2. The summed E-state index contributed by atoms with van der Waals surface area (Å²) in [5.41, 5.74) is -1.13. The second-order valence-corrected chi connectivity index (χ2v) is 5.12. The van der Waals surface area contributed by atoms with Crippen LogP contribution in [0.25, 0.3) is 11.1 Å². The zero-order valence-electron chi connectivity index (χ0n) is 12.1. The van der Waals surface area contributed by atoms with Crippen LogP contribution in [0.5, 0.6) is 0 Å². The van der Waals surface area contributed by atoms with Crippen molar-refractivity contribution in [2.75, 3.05) is 0 Å². The van der Waals surface area contributed by atoms with Crippen LogP contribution in [0.3, 0.4) is 0 Å². The molecule has 0 amide bonds. The van der Waals surface area contributed by atoms with E-state index in [1.54, 1.807) is 0 Å². The van der Waals surface area contributed by atoms with E-state index >= 15 is 0 Å². The summed E-state index contributed by atoms with van der Waals surface area (Å²) >= 11 is 0. The highest BCUT2D eigenvalue weighted by atomic mass is 19.4. The minimum absolute atomic E-state index is 0.240. The molecule has 2 aromatic rings. The number of aromatic nitrogens is 2. The Bertz CT molecular complexity index is 799. The van der Waals surface area contributed by atoms with Crippen molar-refractivity contribution >= 4 is 5.97 Å². The van der Waals surface area contributed by atoms with Gasteiger partial charge in [0.2, 0.25) is 0 Å². The minimum atomic E-state index is -5.78. The van der Waals surface area contributed by atoms with Crippen molar-refractivity contribution in [2.45, 2.75) is 25.1 Å². The fraction of sp³-hybridized carbons (Fsp3) is 0.286. The van der Waals surface area contributed by atoms with Gasteiger partial charge in [0.15, 0.2) is 0 Å². The second-order valence-electron chi connectivity index (χ2n) is 5.12. The first-order valence-electron chi connectivity index (χ1n) is 6.58. The molecule has 0 saturated carbocycles. The number of hydrogen-bond acceptors (Lipinski definition) is 2. The van der Waals surface area contributed by atoms with Crippen LogP contribution in [0, 0.1) is 11.6 Å². The van der Waals surface area contributed by atoms with E-state index in [1.807, 2.05) is 0 Å². The molecule has 1 heterocycles. The maximum absolute atomic E-state index is 14.0. The summed E-state index contributed by atoms with van der Waals surface area (Å²) in [4.78, 5) is 10.5. The quantitative estimate of drug-likeness (QED) is 0.818. The highest BCUT2D eigenvalue weighted by Gasteiger charge is 2.57. The highest BCUT2D eigenvalue weighted by Crippen LogP contribution is 2.37. The lowest BCUT2D eigenvalue weighted by atomic mass is 10.0. The smallest absolute Gasteiger partial charge is 0.455 e. The van der Waals surface area contributed by atoms with Gasteiger partial charge in [0.25, 0.3) is 0 Å². The molecule has 0 spiro atoms. The Morgan fingerprint density at radius 2 is 1.76 bits per heavy atom. The number of carbonyl (C=O) groups is 1. The molecular weight excluding hydrogens is 361 g/mol. The summed E-state index contributed by atoms with van der Waals surface area (Å²) in [5, 5.41) is 11.9. The van der Waals surface area contributed by atoms with Crippen molar-refractivity contribution in [3.05, 3.63) is 41.7 Å². The molecular formula is C14H9F7N2O2. The first-order valence-corrected chi connectivity index (χ1v) is 6.58. The van der Waals surface area contributed by atoms with E-state index < -0.39 is 53.8 Å². The van der Waals surface area contributed by atoms with Crippen LogP contribution < -0.4 is 0 Å². The van der Waals surface area contributed by atoms with E-state index in [0.29, 0.717) is 18.3 Å². The van der Waals surface area contributed by atoms with Crippen molar-refractivity contribution in [1.82, 2.24) is 9.78 Å². The average molecular weight is 370 g/mol. The zero-order valence-corrected chi connectivity index (χ0v) is 12.1. The number of aliphatic carboxylic acids is 1. The summed E-state index contributed by atoms with van der Waals surface area (Å²) in [6.07, 6.45) is -5.06. The molecule has 11 heteroatoms. The summed E-state index contributed by atoms with van der Waals surface area (Å²) < 4.78 is 90.5. The molecule has 1 aromatic carbocycles. The van der Waals surface area contributed by atoms with E-state index in [-0.39, 0.29) is 10.2 Å².